The fourth-order valence-corrected chi connectivity index (χ4v) is 1.90. The summed E-state index contributed by atoms with van der Waals surface area (Å²) in [5.74, 6) is 1.34. The summed E-state index contributed by atoms with van der Waals surface area (Å²) in [5.41, 5.74) is 5.69. The minimum Gasteiger partial charge on any atom is -0.378 e. The summed E-state index contributed by atoms with van der Waals surface area (Å²) >= 11 is 0. The highest BCUT2D eigenvalue weighted by Gasteiger charge is 2.24. The van der Waals surface area contributed by atoms with Gasteiger partial charge in [0, 0.05) is 6.61 Å². The van der Waals surface area contributed by atoms with Crippen LogP contribution in [0.2, 0.25) is 0 Å². The van der Waals surface area contributed by atoms with E-state index in [1.165, 1.54) is 19.3 Å². The lowest BCUT2D eigenvalue weighted by Crippen LogP contribution is -2.35. The van der Waals surface area contributed by atoms with Gasteiger partial charge in [0.2, 0.25) is 0 Å². The molecule has 1 fully saturated rings. The Morgan fingerprint density at radius 2 is 2.25 bits per heavy atom. The highest BCUT2D eigenvalue weighted by Crippen LogP contribution is 2.24. The van der Waals surface area contributed by atoms with Gasteiger partial charge < -0.3 is 10.5 Å². The second kappa shape index (κ2) is 4.83. The number of hydrogen-bond donors (Lipinski definition) is 1. The first kappa shape index (κ1) is 10.0. The molecule has 2 unspecified atom stereocenters. The van der Waals surface area contributed by atoms with Crippen LogP contribution in [0, 0.1) is 11.8 Å². The van der Waals surface area contributed by atoms with Crippen molar-refractivity contribution < 1.29 is 4.74 Å². The summed E-state index contributed by atoms with van der Waals surface area (Å²) in [5, 5.41) is 0. The first-order valence-electron chi connectivity index (χ1n) is 5.05. The van der Waals surface area contributed by atoms with Crippen molar-refractivity contribution in [1.82, 2.24) is 0 Å². The topological polar surface area (TPSA) is 35.2 Å². The molecule has 72 valence electrons. The van der Waals surface area contributed by atoms with Crippen LogP contribution in [0.25, 0.3) is 0 Å². The molecule has 12 heavy (non-hydrogen) atoms. The number of nitrogens with two attached hydrogens (primary N) is 1. The zero-order valence-electron chi connectivity index (χ0n) is 8.25. The molecule has 0 saturated carbocycles. The molecule has 2 N–H and O–H groups in total. The molecular weight excluding hydrogens is 150 g/mol. The maximum absolute atomic E-state index is 5.71. The maximum atomic E-state index is 5.71. The van der Waals surface area contributed by atoms with Gasteiger partial charge in [-0.05, 0) is 37.6 Å². The zero-order valence-corrected chi connectivity index (χ0v) is 8.25. The van der Waals surface area contributed by atoms with Gasteiger partial charge in [-0.1, -0.05) is 13.8 Å². The summed E-state index contributed by atoms with van der Waals surface area (Å²) in [4.78, 5) is 0. The Kier molecular flexibility index (Phi) is 4.02. The second-order valence-electron chi connectivity index (χ2n) is 4.18. The average molecular weight is 171 g/mol. The van der Waals surface area contributed by atoms with Crippen LogP contribution < -0.4 is 5.73 Å². The molecule has 0 aliphatic carbocycles. The van der Waals surface area contributed by atoms with Gasteiger partial charge in [0.05, 0.1) is 6.10 Å². The highest BCUT2D eigenvalue weighted by molar-refractivity contribution is 4.76. The van der Waals surface area contributed by atoms with E-state index in [2.05, 4.69) is 13.8 Å². The summed E-state index contributed by atoms with van der Waals surface area (Å²) in [7, 11) is 0. The quantitative estimate of drug-likeness (QED) is 0.702. The van der Waals surface area contributed by atoms with E-state index in [0.717, 1.165) is 19.1 Å². The number of hydrogen-bond acceptors (Lipinski definition) is 2. The molecule has 2 heteroatoms. The molecule has 0 aromatic rings. The van der Waals surface area contributed by atoms with Crippen molar-refractivity contribution >= 4 is 0 Å². The Morgan fingerprint density at radius 1 is 1.50 bits per heavy atom. The van der Waals surface area contributed by atoms with Gasteiger partial charge in [-0.2, -0.15) is 0 Å². The highest BCUT2D eigenvalue weighted by atomic mass is 16.5. The van der Waals surface area contributed by atoms with Crippen molar-refractivity contribution in [3.63, 3.8) is 0 Å². The van der Waals surface area contributed by atoms with E-state index >= 15 is 0 Å². The SMILES string of the molecule is CC(C)CC1OCCCC1CN. The van der Waals surface area contributed by atoms with E-state index in [4.69, 9.17) is 10.5 Å². The lowest BCUT2D eigenvalue weighted by Gasteiger charge is -2.31. The van der Waals surface area contributed by atoms with E-state index < -0.39 is 0 Å². The molecule has 0 radical (unpaired) electrons. The molecule has 1 aliphatic heterocycles. The largest absolute Gasteiger partial charge is 0.378 e. The smallest absolute Gasteiger partial charge is 0.0617 e. The Bertz CT molecular complexity index is 125. The van der Waals surface area contributed by atoms with Crippen LogP contribution in [0.5, 0.6) is 0 Å². The molecule has 0 spiro atoms. The van der Waals surface area contributed by atoms with Gasteiger partial charge in [-0.15, -0.1) is 0 Å². The predicted molar refractivity (Wildman–Crippen MR) is 51.0 cm³/mol. The molecular formula is C10H21NO. The van der Waals surface area contributed by atoms with Crippen LogP contribution in [0.3, 0.4) is 0 Å². The third-order valence-corrected chi connectivity index (χ3v) is 2.58. The van der Waals surface area contributed by atoms with Gasteiger partial charge in [0.25, 0.3) is 0 Å². The van der Waals surface area contributed by atoms with Gasteiger partial charge in [0.1, 0.15) is 0 Å². The number of rotatable bonds is 3. The predicted octanol–water partition coefficient (Wildman–Crippen LogP) is 1.79. The number of ether oxygens (including phenoxy) is 1. The van der Waals surface area contributed by atoms with Crippen LogP contribution in [0.15, 0.2) is 0 Å². The lowest BCUT2D eigenvalue weighted by molar-refractivity contribution is -0.0339. The van der Waals surface area contributed by atoms with Crippen molar-refractivity contribution in [2.45, 2.75) is 39.2 Å². The van der Waals surface area contributed by atoms with Crippen LogP contribution in [-0.4, -0.2) is 19.3 Å². The van der Waals surface area contributed by atoms with Crippen LogP contribution in [-0.2, 0) is 4.74 Å². The van der Waals surface area contributed by atoms with Crippen LogP contribution in [0.1, 0.15) is 33.1 Å². The van der Waals surface area contributed by atoms with Gasteiger partial charge in [-0.3, -0.25) is 0 Å². The summed E-state index contributed by atoms with van der Waals surface area (Å²) < 4.78 is 5.71. The van der Waals surface area contributed by atoms with Crippen molar-refractivity contribution in [3.05, 3.63) is 0 Å². The molecule has 2 atom stereocenters. The Hall–Kier alpha value is -0.0800. The molecule has 0 bridgehead atoms. The van der Waals surface area contributed by atoms with Gasteiger partial charge >= 0.3 is 0 Å². The molecule has 1 rings (SSSR count). The van der Waals surface area contributed by atoms with Crippen molar-refractivity contribution in [1.29, 1.82) is 0 Å². The summed E-state index contributed by atoms with van der Waals surface area (Å²) in [6, 6.07) is 0. The molecule has 0 aromatic carbocycles. The second-order valence-corrected chi connectivity index (χ2v) is 4.18. The van der Waals surface area contributed by atoms with E-state index in [-0.39, 0.29) is 0 Å². The summed E-state index contributed by atoms with van der Waals surface area (Å²) in [6.45, 7) is 6.21. The molecule has 0 aromatic heterocycles. The molecule has 1 aliphatic rings. The molecule has 1 saturated heterocycles. The zero-order chi connectivity index (χ0) is 8.97. The fraction of sp³-hybridized carbons (Fsp3) is 1.00. The van der Waals surface area contributed by atoms with E-state index in [1.807, 2.05) is 0 Å². The van der Waals surface area contributed by atoms with Crippen LogP contribution >= 0.6 is 0 Å². The molecule has 0 amide bonds. The third kappa shape index (κ3) is 2.76. The third-order valence-electron chi connectivity index (χ3n) is 2.58. The Balaban J connectivity index is 2.36. The van der Waals surface area contributed by atoms with Gasteiger partial charge in [0.15, 0.2) is 0 Å². The van der Waals surface area contributed by atoms with Crippen LogP contribution in [0.4, 0.5) is 0 Å². The first-order chi connectivity index (χ1) is 5.74. The monoisotopic (exact) mass is 171 g/mol. The van der Waals surface area contributed by atoms with E-state index in [1.54, 1.807) is 0 Å². The van der Waals surface area contributed by atoms with Crippen molar-refractivity contribution in [3.8, 4) is 0 Å². The molecule has 2 nitrogen and oxygen atoms in total. The Labute approximate surface area is 75.5 Å². The summed E-state index contributed by atoms with van der Waals surface area (Å²) in [6.07, 6.45) is 4.05. The van der Waals surface area contributed by atoms with Gasteiger partial charge in [-0.25, -0.2) is 0 Å². The standard InChI is InChI=1S/C10H21NO/c1-8(2)6-10-9(7-11)4-3-5-12-10/h8-10H,3-7,11H2,1-2H3. The van der Waals surface area contributed by atoms with Crippen molar-refractivity contribution in [2.75, 3.05) is 13.2 Å². The van der Waals surface area contributed by atoms with E-state index in [9.17, 15) is 0 Å². The molecule has 1 heterocycles. The maximum Gasteiger partial charge on any atom is 0.0617 e. The first-order valence-corrected chi connectivity index (χ1v) is 5.05. The van der Waals surface area contributed by atoms with Crippen molar-refractivity contribution in [2.24, 2.45) is 17.6 Å². The van der Waals surface area contributed by atoms with E-state index in [0.29, 0.717) is 12.0 Å². The minimum absolute atomic E-state index is 0.434. The average Bonchev–Trinajstić information content (AvgIpc) is 2.04. The minimum atomic E-state index is 0.434. The fourth-order valence-electron chi connectivity index (χ4n) is 1.90. The Morgan fingerprint density at radius 3 is 2.83 bits per heavy atom. The normalized spacial score (nSPS) is 31.0. The lowest BCUT2D eigenvalue weighted by atomic mass is 9.89.